The molecule has 0 radical (unpaired) electrons. The summed E-state index contributed by atoms with van der Waals surface area (Å²) in [5.41, 5.74) is 0. The van der Waals surface area contributed by atoms with Crippen LogP contribution in [0.2, 0.25) is 0 Å². The van der Waals surface area contributed by atoms with E-state index in [1.807, 2.05) is 0 Å². The highest BCUT2D eigenvalue weighted by molar-refractivity contribution is 5.78. The molecule has 1 rings (SSSR count). The number of carbonyl (C=O) groups excluding carboxylic acids is 1. The Bertz CT molecular complexity index is 289. The molecule has 14 heavy (non-hydrogen) atoms. The number of rotatable bonds is 4. The van der Waals surface area contributed by atoms with Crippen LogP contribution in [-0.4, -0.2) is 28.8 Å². The molecule has 0 aliphatic rings. The molecule has 0 aliphatic carbocycles. The van der Waals surface area contributed by atoms with E-state index in [1.165, 1.54) is 0 Å². The summed E-state index contributed by atoms with van der Waals surface area (Å²) in [7, 11) is 0. The molecule has 0 aromatic carbocycles. The maximum Gasteiger partial charge on any atom is 0.328 e. The molecule has 5 nitrogen and oxygen atoms in total. The molecule has 1 aromatic rings. The minimum absolute atomic E-state index is 0.293. The van der Waals surface area contributed by atoms with E-state index >= 15 is 0 Å². The molecule has 1 unspecified atom stereocenters. The Morgan fingerprint density at radius 2 is 2.50 bits per heavy atom. The molecule has 0 saturated carbocycles. The summed E-state index contributed by atoms with van der Waals surface area (Å²) < 4.78 is 4.83. The number of ether oxygens (including phenoxy) is 1. The molecule has 76 valence electrons. The summed E-state index contributed by atoms with van der Waals surface area (Å²) in [6.45, 7) is 3.87. The summed E-state index contributed by atoms with van der Waals surface area (Å²) in [4.78, 5) is 11.2. The lowest BCUT2D eigenvalue weighted by atomic mass is 10.3. The topological polar surface area (TPSA) is 64.1 Å². The molecule has 0 bridgehead atoms. The zero-order chi connectivity index (χ0) is 10.4. The Hall–Kier alpha value is -1.65. The third-order valence-electron chi connectivity index (χ3n) is 1.58. The Kier molecular flexibility index (Phi) is 3.84. The number of nitrogens with one attached hydrogen (secondary N) is 1. The number of nitrogens with zero attached hydrogens (tertiary/aromatic N) is 2. The van der Waals surface area contributed by atoms with Crippen molar-refractivity contribution in [1.29, 1.82) is 0 Å². The van der Waals surface area contributed by atoms with Gasteiger partial charge in [0.15, 0.2) is 0 Å². The number of hydrogen-bond donors (Lipinski definition) is 1. The van der Waals surface area contributed by atoms with Gasteiger partial charge in [-0.15, -0.1) is 5.10 Å². The summed E-state index contributed by atoms with van der Waals surface area (Å²) in [6.07, 6.45) is 1.57. The average Bonchev–Trinajstić information content (AvgIpc) is 2.19. The molecule has 1 heterocycles. The molecule has 0 saturated heterocycles. The molecular weight excluding hydrogens is 182 g/mol. The Morgan fingerprint density at radius 3 is 3.07 bits per heavy atom. The fourth-order valence-electron chi connectivity index (χ4n) is 0.927. The third kappa shape index (κ3) is 3.01. The second-order valence-corrected chi connectivity index (χ2v) is 2.73. The maximum absolute atomic E-state index is 11.2. The molecular formula is C9H13N3O2. The number of anilines is 1. The lowest BCUT2D eigenvalue weighted by Gasteiger charge is -2.11. The van der Waals surface area contributed by atoms with Crippen LogP contribution in [0.3, 0.4) is 0 Å². The standard InChI is InChI=1S/C9H13N3O2/c1-3-14-9(13)7(2)11-8-5-4-6-10-12-8/h4-7H,3H2,1-2H3,(H,11,12). The van der Waals surface area contributed by atoms with E-state index in [2.05, 4.69) is 15.5 Å². The Morgan fingerprint density at radius 1 is 1.71 bits per heavy atom. The van der Waals surface area contributed by atoms with Crippen molar-refractivity contribution in [3.05, 3.63) is 18.3 Å². The second kappa shape index (κ2) is 5.16. The number of aromatic nitrogens is 2. The molecule has 1 N–H and O–H groups in total. The SMILES string of the molecule is CCOC(=O)C(C)Nc1cccnn1. The van der Waals surface area contributed by atoms with Crippen LogP contribution in [0.5, 0.6) is 0 Å². The van der Waals surface area contributed by atoms with Crippen LogP contribution < -0.4 is 5.32 Å². The zero-order valence-corrected chi connectivity index (χ0v) is 8.23. The van der Waals surface area contributed by atoms with Gasteiger partial charge in [-0.2, -0.15) is 5.10 Å². The van der Waals surface area contributed by atoms with Gasteiger partial charge in [0.1, 0.15) is 11.9 Å². The predicted molar refractivity (Wildman–Crippen MR) is 51.7 cm³/mol. The van der Waals surface area contributed by atoms with Gasteiger partial charge in [0.25, 0.3) is 0 Å². The van der Waals surface area contributed by atoms with E-state index in [1.54, 1.807) is 32.2 Å². The van der Waals surface area contributed by atoms with Gasteiger partial charge in [0.05, 0.1) is 6.61 Å². The van der Waals surface area contributed by atoms with Gasteiger partial charge in [-0.1, -0.05) is 0 Å². The van der Waals surface area contributed by atoms with E-state index in [-0.39, 0.29) is 5.97 Å². The highest BCUT2D eigenvalue weighted by atomic mass is 16.5. The van der Waals surface area contributed by atoms with Crippen molar-refractivity contribution >= 4 is 11.8 Å². The summed E-state index contributed by atoms with van der Waals surface area (Å²) in [5.74, 6) is 0.270. The van der Waals surface area contributed by atoms with E-state index < -0.39 is 6.04 Å². The minimum atomic E-state index is -0.411. The molecule has 0 amide bonds. The van der Waals surface area contributed by atoms with E-state index in [0.29, 0.717) is 12.4 Å². The Labute approximate surface area is 82.5 Å². The first kappa shape index (κ1) is 10.4. The molecule has 0 fully saturated rings. The van der Waals surface area contributed by atoms with Gasteiger partial charge in [-0.05, 0) is 26.0 Å². The second-order valence-electron chi connectivity index (χ2n) is 2.73. The summed E-state index contributed by atoms with van der Waals surface area (Å²) >= 11 is 0. The quantitative estimate of drug-likeness (QED) is 0.721. The van der Waals surface area contributed by atoms with E-state index in [0.717, 1.165) is 0 Å². The zero-order valence-electron chi connectivity index (χ0n) is 8.23. The van der Waals surface area contributed by atoms with Crippen LogP contribution in [0.25, 0.3) is 0 Å². The van der Waals surface area contributed by atoms with Gasteiger partial charge in [0, 0.05) is 6.20 Å². The lowest BCUT2D eigenvalue weighted by Crippen LogP contribution is -2.28. The van der Waals surface area contributed by atoms with Crippen molar-refractivity contribution in [2.24, 2.45) is 0 Å². The van der Waals surface area contributed by atoms with Gasteiger partial charge >= 0.3 is 5.97 Å². The monoisotopic (exact) mass is 195 g/mol. The number of esters is 1. The van der Waals surface area contributed by atoms with Crippen molar-refractivity contribution in [2.45, 2.75) is 19.9 Å². The molecule has 5 heteroatoms. The summed E-state index contributed by atoms with van der Waals surface area (Å²) in [6, 6.07) is 3.07. The van der Waals surface area contributed by atoms with E-state index in [9.17, 15) is 4.79 Å². The van der Waals surface area contributed by atoms with Crippen LogP contribution in [0.15, 0.2) is 18.3 Å². The fourth-order valence-corrected chi connectivity index (χ4v) is 0.927. The van der Waals surface area contributed by atoms with Gasteiger partial charge < -0.3 is 10.1 Å². The highest BCUT2D eigenvalue weighted by Crippen LogP contribution is 2.01. The largest absolute Gasteiger partial charge is 0.464 e. The number of hydrogen-bond acceptors (Lipinski definition) is 5. The first-order valence-corrected chi connectivity index (χ1v) is 4.45. The van der Waals surface area contributed by atoms with E-state index in [4.69, 9.17) is 4.74 Å². The van der Waals surface area contributed by atoms with Crippen LogP contribution in [0, 0.1) is 0 Å². The van der Waals surface area contributed by atoms with Gasteiger partial charge in [0.2, 0.25) is 0 Å². The van der Waals surface area contributed by atoms with Crippen molar-refractivity contribution in [3.8, 4) is 0 Å². The predicted octanol–water partition coefficient (Wildman–Crippen LogP) is 0.840. The third-order valence-corrected chi connectivity index (χ3v) is 1.58. The first-order chi connectivity index (χ1) is 6.74. The van der Waals surface area contributed by atoms with Gasteiger partial charge in [-0.25, -0.2) is 4.79 Å². The lowest BCUT2D eigenvalue weighted by molar-refractivity contribution is -0.143. The van der Waals surface area contributed by atoms with Crippen molar-refractivity contribution in [2.75, 3.05) is 11.9 Å². The van der Waals surface area contributed by atoms with Gasteiger partial charge in [-0.3, -0.25) is 0 Å². The normalized spacial score (nSPS) is 11.9. The van der Waals surface area contributed by atoms with Crippen molar-refractivity contribution in [1.82, 2.24) is 10.2 Å². The fraction of sp³-hybridized carbons (Fsp3) is 0.444. The van der Waals surface area contributed by atoms with Crippen molar-refractivity contribution in [3.63, 3.8) is 0 Å². The molecule has 1 atom stereocenters. The van der Waals surface area contributed by atoms with Crippen LogP contribution in [0.1, 0.15) is 13.8 Å². The number of carbonyl (C=O) groups is 1. The molecule has 0 spiro atoms. The first-order valence-electron chi connectivity index (χ1n) is 4.45. The Balaban J connectivity index is 2.49. The van der Waals surface area contributed by atoms with Crippen LogP contribution in [-0.2, 0) is 9.53 Å². The maximum atomic E-state index is 11.2. The average molecular weight is 195 g/mol. The van der Waals surface area contributed by atoms with Crippen LogP contribution >= 0.6 is 0 Å². The van der Waals surface area contributed by atoms with Crippen molar-refractivity contribution < 1.29 is 9.53 Å². The molecule has 0 aliphatic heterocycles. The minimum Gasteiger partial charge on any atom is -0.464 e. The smallest absolute Gasteiger partial charge is 0.328 e. The molecule has 1 aromatic heterocycles. The highest BCUT2D eigenvalue weighted by Gasteiger charge is 2.13. The summed E-state index contributed by atoms with van der Waals surface area (Å²) in [5, 5.41) is 10.3. The van der Waals surface area contributed by atoms with Crippen LogP contribution in [0.4, 0.5) is 5.82 Å².